The second-order valence-corrected chi connectivity index (χ2v) is 6.32. The number of nitrogens with one attached hydrogen (secondary N) is 1. The Balaban J connectivity index is 1.72. The van der Waals surface area contributed by atoms with Crippen molar-refractivity contribution in [3.63, 3.8) is 0 Å². The number of piperazine rings is 1. The summed E-state index contributed by atoms with van der Waals surface area (Å²) in [6.45, 7) is 11.5. The van der Waals surface area contributed by atoms with E-state index in [1.165, 1.54) is 38.8 Å². The zero-order chi connectivity index (χ0) is 12.3. The van der Waals surface area contributed by atoms with Crippen molar-refractivity contribution in [3.05, 3.63) is 0 Å². The Morgan fingerprint density at radius 1 is 1.41 bits per heavy atom. The first kappa shape index (κ1) is 13.3. The van der Waals surface area contributed by atoms with Crippen LogP contribution in [0.2, 0.25) is 0 Å². The summed E-state index contributed by atoms with van der Waals surface area (Å²) in [5, 5.41) is 3.57. The van der Waals surface area contributed by atoms with E-state index in [1.807, 2.05) is 0 Å². The van der Waals surface area contributed by atoms with Gasteiger partial charge in [-0.3, -0.25) is 4.90 Å². The fourth-order valence-corrected chi connectivity index (χ4v) is 2.95. The molecule has 17 heavy (non-hydrogen) atoms. The Morgan fingerprint density at radius 3 is 2.94 bits per heavy atom. The van der Waals surface area contributed by atoms with Crippen LogP contribution in [0.5, 0.6) is 0 Å². The van der Waals surface area contributed by atoms with Crippen molar-refractivity contribution in [1.29, 1.82) is 0 Å². The Morgan fingerprint density at radius 2 is 2.24 bits per heavy atom. The highest BCUT2D eigenvalue weighted by atomic mass is 16.5. The molecule has 2 atom stereocenters. The van der Waals surface area contributed by atoms with E-state index >= 15 is 0 Å². The Bertz CT molecular complexity index is 236. The summed E-state index contributed by atoms with van der Waals surface area (Å²) in [6.07, 6.45) is 5.62. The van der Waals surface area contributed by atoms with Gasteiger partial charge in [0, 0.05) is 31.3 Å². The van der Waals surface area contributed by atoms with Gasteiger partial charge in [0.25, 0.3) is 0 Å². The van der Waals surface area contributed by atoms with Crippen LogP contribution in [-0.2, 0) is 4.74 Å². The van der Waals surface area contributed by atoms with Crippen molar-refractivity contribution in [3.8, 4) is 0 Å². The topological polar surface area (TPSA) is 24.5 Å². The molecular formula is C14H28N2O. The summed E-state index contributed by atoms with van der Waals surface area (Å²) in [5.41, 5.74) is 0.309. The van der Waals surface area contributed by atoms with Crippen molar-refractivity contribution in [2.24, 2.45) is 0 Å². The van der Waals surface area contributed by atoms with Crippen LogP contribution in [0, 0.1) is 0 Å². The van der Waals surface area contributed by atoms with E-state index in [0.29, 0.717) is 17.7 Å². The van der Waals surface area contributed by atoms with Gasteiger partial charge in [-0.25, -0.2) is 0 Å². The lowest BCUT2D eigenvalue weighted by Gasteiger charge is -2.45. The van der Waals surface area contributed by atoms with Crippen molar-refractivity contribution in [1.82, 2.24) is 10.2 Å². The first-order valence-electron chi connectivity index (χ1n) is 7.18. The molecule has 0 bridgehead atoms. The standard InChI is InChI=1S/C14H28N2O/c1-12-10-16(14(2,3)11-15-12)8-4-6-13-7-5-9-17-13/h12-13,15H,4-11H2,1-3H3. The van der Waals surface area contributed by atoms with Gasteiger partial charge in [-0.05, 0) is 53.0 Å². The summed E-state index contributed by atoms with van der Waals surface area (Å²) in [5.74, 6) is 0. The molecule has 0 aromatic heterocycles. The van der Waals surface area contributed by atoms with Gasteiger partial charge in [0.15, 0.2) is 0 Å². The number of ether oxygens (including phenoxy) is 1. The molecule has 3 nitrogen and oxygen atoms in total. The molecule has 2 unspecified atom stereocenters. The highest BCUT2D eigenvalue weighted by molar-refractivity contribution is 4.91. The summed E-state index contributed by atoms with van der Waals surface area (Å²) in [7, 11) is 0. The first-order chi connectivity index (χ1) is 8.08. The third-order valence-electron chi connectivity index (χ3n) is 4.21. The maximum absolute atomic E-state index is 5.68. The monoisotopic (exact) mass is 240 g/mol. The average Bonchev–Trinajstić information content (AvgIpc) is 2.76. The van der Waals surface area contributed by atoms with Gasteiger partial charge in [-0.15, -0.1) is 0 Å². The zero-order valence-corrected chi connectivity index (χ0v) is 11.7. The van der Waals surface area contributed by atoms with E-state index in [4.69, 9.17) is 4.74 Å². The molecule has 100 valence electrons. The molecule has 0 aromatic rings. The summed E-state index contributed by atoms with van der Waals surface area (Å²) >= 11 is 0. The molecule has 3 heteroatoms. The molecule has 0 spiro atoms. The highest BCUT2D eigenvalue weighted by Crippen LogP contribution is 2.21. The van der Waals surface area contributed by atoms with Gasteiger partial charge in [0.1, 0.15) is 0 Å². The summed E-state index contributed by atoms with van der Waals surface area (Å²) < 4.78 is 5.68. The normalized spacial score (nSPS) is 34.1. The lowest BCUT2D eigenvalue weighted by atomic mass is 9.97. The molecule has 2 fully saturated rings. The Kier molecular flexibility index (Phi) is 4.45. The largest absolute Gasteiger partial charge is 0.378 e. The van der Waals surface area contributed by atoms with Crippen LogP contribution in [0.1, 0.15) is 46.5 Å². The van der Waals surface area contributed by atoms with Gasteiger partial charge in [0.2, 0.25) is 0 Å². The van der Waals surface area contributed by atoms with Crippen LogP contribution < -0.4 is 5.32 Å². The molecule has 0 amide bonds. The van der Waals surface area contributed by atoms with Gasteiger partial charge < -0.3 is 10.1 Å². The molecule has 1 N–H and O–H groups in total. The van der Waals surface area contributed by atoms with Crippen LogP contribution in [0.15, 0.2) is 0 Å². The van der Waals surface area contributed by atoms with Crippen LogP contribution in [0.25, 0.3) is 0 Å². The predicted molar refractivity (Wildman–Crippen MR) is 71.3 cm³/mol. The van der Waals surface area contributed by atoms with Gasteiger partial charge >= 0.3 is 0 Å². The zero-order valence-electron chi connectivity index (χ0n) is 11.7. The third-order valence-corrected chi connectivity index (χ3v) is 4.21. The molecule has 0 aliphatic carbocycles. The Hall–Kier alpha value is -0.120. The fraction of sp³-hybridized carbons (Fsp3) is 1.00. The molecule has 2 saturated heterocycles. The minimum Gasteiger partial charge on any atom is -0.378 e. The molecule has 0 saturated carbocycles. The molecule has 2 rings (SSSR count). The Labute approximate surface area is 106 Å². The lowest BCUT2D eigenvalue weighted by Crippen LogP contribution is -2.61. The number of hydrogen-bond donors (Lipinski definition) is 1. The van der Waals surface area contributed by atoms with Crippen molar-refractivity contribution >= 4 is 0 Å². The second kappa shape index (κ2) is 5.68. The van der Waals surface area contributed by atoms with Crippen molar-refractivity contribution < 1.29 is 4.74 Å². The summed E-state index contributed by atoms with van der Waals surface area (Å²) in [4.78, 5) is 2.64. The average molecular weight is 240 g/mol. The quantitative estimate of drug-likeness (QED) is 0.813. The smallest absolute Gasteiger partial charge is 0.0576 e. The predicted octanol–water partition coefficient (Wildman–Crippen LogP) is 2.02. The number of rotatable bonds is 4. The van der Waals surface area contributed by atoms with E-state index in [9.17, 15) is 0 Å². The molecule has 0 radical (unpaired) electrons. The van der Waals surface area contributed by atoms with Gasteiger partial charge in [-0.2, -0.15) is 0 Å². The fourth-order valence-electron chi connectivity index (χ4n) is 2.95. The van der Waals surface area contributed by atoms with E-state index in [2.05, 4.69) is 31.0 Å². The number of hydrogen-bond acceptors (Lipinski definition) is 3. The van der Waals surface area contributed by atoms with Crippen LogP contribution in [0.4, 0.5) is 0 Å². The van der Waals surface area contributed by atoms with E-state index in [1.54, 1.807) is 0 Å². The minimum absolute atomic E-state index is 0.309. The van der Waals surface area contributed by atoms with Crippen LogP contribution in [0.3, 0.4) is 0 Å². The van der Waals surface area contributed by atoms with E-state index in [-0.39, 0.29) is 0 Å². The minimum atomic E-state index is 0.309. The molecule has 2 aliphatic rings. The van der Waals surface area contributed by atoms with E-state index < -0.39 is 0 Å². The van der Waals surface area contributed by atoms with Gasteiger partial charge in [0.05, 0.1) is 6.10 Å². The van der Waals surface area contributed by atoms with E-state index in [0.717, 1.165) is 13.2 Å². The maximum atomic E-state index is 5.68. The summed E-state index contributed by atoms with van der Waals surface area (Å²) in [6, 6.07) is 0.630. The van der Waals surface area contributed by atoms with Crippen LogP contribution >= 0.6 is 0 Å². The molecular weight excluding hydrogens is 212 g/mol. The van der Waals surface area contributed by atoms with Crippen molar-refractivity contribution in [2.75, 3.05) is 26.2 Å². The lowest BCUT2D eigenvalue weighted by molar-refractivity contribution is 0.0574. The maximum Gasteiger partial charge on any atom is 0.0576 e. The number of nitrogens with zero attached hydrogens (tertiary/aromatic N) is 1. The van der Waals surface area contributed by atoms with Crippen molar-refractivity contribution in [2.45, 2.75) is 64.1 Å². The van der Waals surface area contributed by atoms with Crippen LogP contribution in [-0.4, -0.2) is 48.8 Å². The SMILES string of the molecule is CC1CN(CCCC2CCCO2)C(C)(C)CN1. The molecule has 2 heterocycles. The first-order valence-corrected chi connectivity index (χ1v) is 7.18. The third kappa shape index (κ3) is 3.67. The van der Waals surface area contributed by atoms with Gasteiger partial charge in [-0.1, -0.05) is 0 Å². The molecule has 0 aromatic carbocycles. The second-order valence-electron chi connectivity index (χ2n) is 6.32. The molecule has 2 aliphatic heterocycles. The highest BCUT2D eigenvalue weighted by Gasteiger charge is 2.31.